The van der Waals surface area contributed by atoms with Gasteiger partial charge in [-0.3, -0.25) is 4.79 Å². The maximum Gasteiger partial charge on any atom is 0.337 e. The second-order valence-electron chi connectivity index (χ2n) is 6.75. The molecule has 0 saturated carbocycles. The molecule has 0 spiro atoms. The van der Waals surface area contributed by atoms with Crippen LogP contribution in [-0.4, -0.2) is 48.0 Å². The zero-order chi connectivity index (χ0) is 21.5. The van der Waals surface area contributed by atoms with Crippen molar-refractivity contribution in [1.29, 1.82) is 0 Å². The first kappa shape index (κ1) is 20.5. The van der Waals surface area contributed by atoms with Gasteiger partial charge in [0, 0.05) is 17.6 Å². The lowest BCUT2D eigenvalue weighted by molar-refractivity contribution is 0.0698. The molecule has 11 heteroatoms. The van der Waals surface area contributed by atoms with Gasteiger partial charge >= 0.3 is 5.97 Å². The number of anilines is 1. The number of carbonyl (C=O) groups excluding carboxylic acids is 1. The smallest absolute Gasteiger partial charge is 0.337 e. The van der Waals surface area contributed by atoms with Crippen molar-refractivity contribution in [3.63, 3.8) is 0 Å². The van der Waals surface area contributed by atoms with Gasteiger partial charge < -0.3 is 14.9 Å². The minimum atomic E-state index is -3.68. The fraction of sp³-hybridized carbons (Fsp3) is 0.211. The predicted molar refractivity (Wildman–Crippen MR) is 111 cm³/mol. The Morgan fingerprint density at radius 1 is 1.13 bits per heavy atom. The summed E-state index contributed by atoms with van der Waals surface area (Å²) in [5, 5.41) is 15.8. The molecule has 0 radical (unpaired) electrons. The van der Waals surface area contributed by atoms with Crippen molar-refractivity contribution in [2.75, 3.05) is 18.4 Å². The first-order valence-corrected chi connectivity index (χ1v) is 11.2. The number of aromatic carboxylic acids is 1. The average molecular weight is 494 g/mol. The quantitative estimate of drug-likeness (QED) is 0.557. The van der Waals surface area contributed by atoms with Crippen molar-refractivity contribution >= 4 is 54.5 Å². The minimum Gasteiger partial charge on any atom is -0.478 e. The molecule has 1 aliphatic rings. The zero-order valence-electron chi connectivity index (χ0n) is 15.5. The average Bonchev–Trinajstić information content (AvgIpc) is 3.39. The molecule has 3 aromatic rings. The summed E-state index contributed by atoms with van der Waals surface area (Å²) in [6.45, 7) is 0.914. The van der Waals surface area contributed by atoms with Crippen LogP contribution in [0.25, 0.3) is 11.0 Å². The van der Waals surface area contributed by atoms with E-state index >= 15 is 0 Å². The van der Waals surface area contributed by atoms with Crippen LogP contribution in [0.3, 0.4) is 0 Å². The molecule has 1 saturated heterocycles. The lowest BCUT2D eigenvalue weighted by Crippen LogP contribution is -2.27. The molecule has 2 N–H and O–H groups in total. The predicted octanol–water partition coefficient (Wildman–Crippen LogP) is 3.33. The Hall–Kier alpha value is -2.76. The summed E-state index contributed by atoms with van der Waals surface area (Å²) in [6, 6.07) is 8.61. The molecule has 0 bridgehead atoms. The van der Waals surface area contributed by atoms with E-state index < -0.39 is 21.9 Å². The number of aromatic nitrogens is 1. The van der Waals surface area contributed by atoms with Crippen molar-refractivity contribution in [1.82, 2.24) is 9.46 Å². The van der Waals surface area contributed by atoms with Gasteiger partial charge in [-0.1, -0.05) is 21.1 Å². The van der Waals surface area contributed by atoms with Gasteiger partial charge in [-0.05, 0) is 49.2 Å². The number of hydrogen-bond donors (Lipinski definition) is 2. The van der Waals surface area contributed by atoms with E-state index in [4.69, 9.17) is 4.52 Å². The molecular formula is C19H16BrN3O6S. The summed E-state index contributed by atoms with van der Waals surface area (Å²) in [5.41, 5.74) is 0.0769. The van der Waals surface area contributed by atoms with E-state index in [1.165, 1.54) is 34.6 Å². The number of fused-ring (bicyclic) bond motifs is 1. The molecular weight excluding hydrogens is 478 g/mol. The van der Waals surface area contributed by atoms with Gasteiger partial charge in [0.15, 0.2) is 11.3 Å². The van der Waals surface area contributed by atoms with Crippen molar-refractivity contribution in [3.05, 3.63) is 52.1 Å². The Morgan fingerprint density at radius 3 is 2.57 bits per heavy atom. The molecule has 0 unspecified atom stereocenters. The van der Waals surface area contributed by atoms with E-state index in [1.54, 1.807) is 6.07 Å². The van der Waals surface area contributed by atoms with Crippen molar-refractivity contribution in [2.24, 2.45) is 0 Å². The number of carboxylic acid groups (broad SMARTS) is 1. The lowest BCUT2D eigenvalue weighted by Gasteiger charge is -2.15. The van der Waals surface area contributed by atoms with Gasteiger partial charge in [-0.25, -0.2) is 13.2 Å². The number of benzene rings is 2. The third-order valence-corrected chi connectivity index (χ3v) is 7.21. The number of sulfonamides is 1. The van der Waals surface area contributed by atoms with Crippen LogP contribution in [0.2, 0.25) is 0 Å². The lowest BCUT2D eigenvalue weighted by atomic mass is 10.1. The Labute approximate surface area is 179 Å². The zero-order valence-corrected chi connectivity index (χ0v) is 17.9. The van der Waals surface area contributed by atoms with Crippen LogP contribution >= 0.6 is 15.9 Å². The Morgan fingerprint density at radius 2 is 1.87 bits per heavy atom. The molecule has 1 aliphatic heterocycles. The Kier molecular flexibility index (Phi) is 5.35. The highest BCUT2D eigenvalue weighted by Gasteiger charge is 2.28. The second-order valence-corrected chi connectivity index (χ2v) is 9.60. The van der Waals surface area contributed by atoms with Crippen molar-refractivity contribution in [3.8, 4) is 0 Å². The Balaban J connectivity index is 1.70. The van der Waals surface area contributed by atoms with Crippen LogP contribution in [0.5, 0.6) is 0 Å². The molecule has 1 amide bonds. The molecule has 30 heavy (non-hydrogen) atoms. The maximum atomic E-state index is 12.8. The molecule has 2 aromatic carbocycles. The highest BCUT2D eigenvalue weighted by Crippen LogP contribution is 2.28. The van der Waals surface area contributed by atoms with Gasteiger partial charge in [0.2, 0.25) is 10.0 Å². The second kappa shape index (κ2) is 7.82. The minimum absolute atomic E-state index is 0.0454. The normalized spacial score (nSPS) is 14.8. The molecule has 2 heterocycles. The van der Waals surface area contributed by atoms with E-state index in [1.807, 2.05) is 0 Å². The standard InChI is InChI=1S/C19H16BrN3O6S/c20-11-3-5-15(13(9-11)19(25)26)21-18(24)17-14-10-12(4-6-16(14)29-22-17)30(27,28)23-7-1-2-8-23/h3-6,9-10H,1-2,7-8H2,(H,21,24)(H,25,26). The third kappa shape index (κ3) is 3.71. The Bertz CT molecular complexity index is 1260. The molecule has 4 rings (SSSR count). The van der Waals surface area contributed by atoms with E-state index in [-0.39, 0.29) is 32.8 Å². The number of amides is 1. The van der Waals surface area contributed by atoms with Crippen LogP contribution < -0.4 is 5.32 Å². The topological polar surface area (TPSA) is 130 Å². The maximum absolute atomic E-state index is 12.8. The van der Waals surface area contributed by atoms with Crippen LogP contribution in [0.4, 0.5) is 5.69 Å². The number of hydrogen-bond acceptors (Lipinski definition) is 6. The van der Waals surface area contributed by atoms with Crippen molar-refractivity contribution in [2.45, 2.75) is 17.7 Å². The van der Waals surface area contributed by atoms with Gasteiger partial charge in [0.05, 0.1) is 21.5 Å². The van der Waals surface area contributed by atoms with Crippen LogP contribution in [0.1, 0.15) is 33.7 Å². The van der Waals surface area contributed by atoms with E-state index in [2.05, 4.69) is 26.4 Å². The van der Waals surface area contributed by atoms with Gasteiger partial charge in [0.1, 0.15) is 0 Å². The number of carboxylic acids is 1. The highest BCUT2D eigenvalue weighted by atomic mass is 79.9. The van der Waals surface area contributed by atoms with Crippen LogP contribution in [-0.2, 0) is 10.0 Å². The molecule has 0 atom stereocenters. The summed E-state index contributed by atoms with van der Waals surface area (Å²) >= 11 is 3.19. The highest BCUT2D eigenvalue weighted by molar-refractivity contribution is 9.10. The fourth-order valence-electron chi connectivity index (χ4n) is 3.30. The number of nitrogens with one attached hydrogen (secondary N) is 1. The molecule has 9 nitrogen and oxygen atoms in total. The van der Waals surface area contributed by atoms with E-state index in [9.17, 15) is 23.1 Å². The molecule has 0 aliphatic carbocycles. The summed E-state index contributed by atoms with van der Waals surface area (Å²) in [4.78, 5) is 24.3. The van der Waals surface area contributed by atoms with E-state index in [0.29, 0.717) is 17.6 Å². The number of rotatable bonds is 5. The SMILES string of the molecule is O=C(O)c1cc(Br)ccc1NC(=O)c1noc2ccc(S(=O)(=O)N3CCCC3)cc12. The number of carbonyl (C=O) groups is 2. The van der Waals surface area contributed by atoms with Gasteiger partial charge in [-0.15, -0.1) is 0 Å². The monoisotopic (exact) mass is 493 g/mol. The van der Waals surface area contributed by atoms with Gasteiger partial charge in [0.25, 0.3) is 5.91 Å². The van der Waals surface area contributed by atoms with Crippen LogP contribution in [0.15, 0.2) is 50.3 Å². The largest absolute Gasteiger partial charge is 0.478 e. The van der Waals surface area contributed by atoms with Gasteiger partial charge in [-0.2, -0.15) is 4.31 Å². The summed E-state index contributed by atoms with van der Waals surface area (Å²) in [6.07, 6.45) is 1.61. The summed E-state index contributed by atoms with van der Waals surface area (Å²) < 4.78 is 32.8. The molecule has 156 valence electrons. The van der Waals surface area contributed by atoms with Crippen LogP contribution in [0, 0.1) is 0 Å². The first-order valence-electron chi connectivity index (χ1n) is 9.01. The number of halogens is 1. The third-order valence-electron chi connectivity index (χ3n) is 4.82. The molecule has 1 fully saturated rings. The summed E-state index contributed by atoms with van der Waals surface area (Å²) in [5.74, 6) is -1.93. The fourth-order valence-corrected chi connectivity index (χ4v) is 5.21. The van der Waals surface area contributed by atoms with E-state index in [0.717, 1.165) is 12.8 Å². The number of nitrogens with zero attached hydrogens (tertiary/aromatic N) is 2. The molecule has 1 aromatic heterocycles. The van der Waals surface area contributed by atoms with Crippen molar-refractivity contribution < 1.29 is 27.6 Å². The summed E-state index contributed by atoms with van der Waals surface area (Å²) in [7, 11) is -3.68. The first-order chi connectivity index (χ1) is 14.3.